The summed E-state index contributed by atoms with van der Waals surface area (Å²) < 4.78 is 2.31. The van der Waals surface area contributed by atoms with Crippen LogP contribution in [0.2, 0.25) is 5.02 Å². The number of carbonyl (C=O) groups excluding carboxylic acids is 2. The zero-order valence-corrected chi connectivity index (χ0v) is 17.8. The Balaban J connectivity index is 1.48. The van der Waals surface area contributed by atoms with Gasteiger partial charge in [0.25, 0.3) is 5.91 Å². The van der Waals surface area contributed by atoms with E-state index < -0.39 is 0 Å². The SMILES string of the molecule is CN1C(=O)CSc2ccc(C(=O)Nc3ccc(SN4CCCC4)c(Cl)c3)cc21. The van der Waals surface area contributed by atoms with E-state index in [0.29, 0.717) is 22.0 Å². The fourth-order valence-corrected chi connectivity index (χ4v) is 5.45. The molecule has 0 spiro atoms. The van der Waals surface area contributed by atoms with E-state index in [1.54, 1.807) is 42.1 Å². The number of fused-ring (bicyclic) bond motifs is 1. The van der Waals surface area contributed by atoms with Crippen LogP contribution in [0, 0.1) is 0 Å². The van der Waals surface area contributed by atoms with Gasteiger partial charge in [-0.25, -0.2) is 4.31 Å². The Bertz CT molecular complexity index is 932. The van der Waals surface area contributed by atoms with E-state index in [1.807, 2.05) is 18.2 Å². The summed E-state index contributed by atoms with van der Waals surface area (Å²) in [5, 5.41) is 3.52. The molecule has 4 rings (SSSR count). The maximum absolute atomic E-state index is 12.7. The van der Waals surface area contributed by atoms with E-state index in [1.165, 1.54) is 24.6 Å². The predicted molar refractivity (Wildman–Crippen MR) is 117 cm³/mol. The largest absolute Gasteiger partial charge is 0.322 e. The molecule has 2 heterocycles. The molecule has 0 aromatic heterocycles. The van der Waals surface area contributed by atoms with Crippen LogP contribution in [0.4, 0.5) is 11.4 Å². The van der Waals surface area contributed by atoms with Crippen LogP contribution in [-0.4, -0.2) is 42.0 Å². The van der Waals surface area contributed by atoms with Crippen molar-refractivity contribution in [3.8, 4) is 0 Å². The summed E-state index contributed by atoms with van der Waals surface area (Å²) in [6.45, 7) is 2.15. The molecule has 0 unspecified atom stereocenters. The van der Waals surface area contributed by atoms with Gasteiger partial charge in [0.1, 0.15) is 0 Å². The Hall–Kier alpha value is -1.67. The maximum atomic E-state index is 12.7. The first-order valence-electron chi connectivity index (χ1n) is 9.08. The molecule has 28 heavy (non-hydrogen) atoms. The average molecular weight is 434 g/mol. The lowest BCUT2D eigenvalue weighted by Crippen LogP contribution is -2.31. The van der Waals surface area contributed by atoms with Crippen LogP contribution < -0.4 is 10.2 Å². The summed E-state index contributed by atoms with van der Waals surface area (Å²) in [7, 11) is 1.74. The first kappa shape index (κ1) is 19.6. The molecular weight excluding hydrogens is 414 g/mol. The Labute approximate surface area is 177 Å². The lowest BCUT2D eigenvalue weighted by molar-refractivity contribution is -0.116. The minimum Gasteiger partial charge on any atom is -0.322 e. The number of hydrogen-bond acceptors (Lipinski definition) is 5. The van der Waals surface area contributed by atoms with Crippen molar-refractivity contribution in [2.75, 3.05) is 36.1 Å². The van der Waals surface area contributed by atoms with Gasteiger partial charge in [0.15, 0.2) is 0 Å². The number of carbonyl (C=O) groups is 2. The highest BCUT2D eigenvalue weighted by molar-refractivity contribution is 8.00. The molecule has 0 saturated carbocycles. The fourth-order valence-electron chi connectivity index (χ4n) is 3.19. The average Bonchev–Trinajstić information content (AvgIpc) is 3.20. The summed E-state index contributed by atoms with van der Waals surface area (Å²) in [5.74, 6) is 0.234. The third kappa shape index (κ3) is 4.17. The highest BCUT2D eigenvalue weighted by Crippen LogP contribution is 2.36. The lowest BCUT2D eigenvalue weighted by atomic mass is 10.1. The van der Waals surface area contributed by atoms with Gasteiger partial charge >= 0.3 is 0 Å². The summed E-state index contributed by atoms with van der Waals surface area (Å²) >= 11 is 9.58. The van der Waals surface area contributed by atoms with E-state index in [-0.39, 0.29) is 11.8 Å². The van der Waals surface area contributed by atoms with Crippen molar-refractivity contribution in [2.45, 2.75) is 22.6 Å². The number of benzene rings is 2. The molecule has 2 aromatic rings. The summed E-state index contributed by atoms with van der Waals surface area (Å²) in [6.07, 6.45) is 2.44. The van der Waals surface area contributed by atoms with E-state index in [9.17, 15) is 9.59 Å². The Morgan fingerprint density at radius 1 is 1.18 bits per heavy atom. The topological polar surface area (TPSA) is 52.7 Å². The van der Waals surface area contributed by atoms with Crippen LogP contribution in [0.15, 0.2) is 46.2 Å². The Morgan fingerprint density at radius 3 is 2.71 bits per heavy atom. The molecule has 5 nitrogen and oxygen atoms in total. The van der Waals surface area contributed by atoms with Crippen molar-refractivity contribution < 1.29 is 9.59 Å². The minimum atomic E-state index is -0.227. The maximum Gasteiger partial charge on any atom is 0.255 e. The number of nitrogens with one attached hydrogen (secondary N) is 1. The molecule has 0 radical (unpaired) electrons. The van der Waals surface area contributed by atoms with Crippen molar-refractivity contribution in [1.82, 2.24) is 4.31 Å². The van der Waals surface area contributed by atoms with Crippen molar-refractivity contribution in [2.24, 2.45) is 0 Å². The van der Waals surface area contributed by atoms with Gasteiger partial charge in [-0.1, -0.05) is 11.6 Å². The van der Waals surface area contributed by atoms with Gasteiger partial charge in [-0.15, -0.1) is 11.8 Å². The van der Waals surface area contributed by atoms with Gasteiger partial charge in [0, 0.05) is 41.2 Å². The Morgan fingerprint density at radius 2 is 1.96 bits per heavy atom. The molecule has 1 fully saturated rings. The number of halogens is 1. The van der Waals surface area contributed by atoms with E-state index >= 15 is 0 Å². The van der Waals surface area contributed by atoms with Crippen LogP contribution in [0.1, 0.15) is 23.2 Å². The van der Waals surface area contributed by atoms with Crippen LogP contribution in [0.5, 0.6) is 0 Å². The molecule has 1 N–H and O–H groups in total. The van der Waals surface area contributed by atoms with Gasteiger partial charge in [0.2, 0.25) is 5.91 Å². The molecule has 146 valence electrons. The molecule has 2 aliphatic heterocycles. The second-order valence-electron chi connectivity index (χ2n) is 6.75. The number of amides is 2. The van der Waals surface area contributed by atoms with Gasteiger partial charge in [0.05, 0.1) is 16.5 Å². The number of rotatable bonds is 4. The molecular formula is C20H20ClN3O2S2. The van der Waals surface area contributed by atoms with Crippen LogP contribution in [0.25, 0.3) is 0 Å². The standard InChI is InChI=1S/C20H20ClN3O2S2/c1-23-16-10-13(4-6-18(16)27-12-19(23)25)20(26)22-14-5-7-17(15(21)11-14)28-24-8-2-3-9-24/h4-7,10-11H,2-3,8-9,12H2,1H3,(H,22,26). The van der Waals surface area contributed by atoms with Gasteiger partial charge in [-0.05, 0) is 61.2 Å². The molecule has 0 bridgehead atoms. The van der Waals surface area contributed by atoms with E-state index in [0.717, 1.165) is 28.6 Å². The first-order chi connectivity index (χ1) is 13.5. The first-order valence-corrected chi connectivity index (χ1v) is 11.2. The third-order valence-electron chi connectivity index (χ3n) is 4.79. The lowest BCUT2D eigenvalue weighted by Gasteiger charge is -2.25. The second kappa shape index (κ2) is 8.37. The zero-order valence-electron chi connectivity index (χ0n) is 15.4. The number of nitrogens with zero attached hydrogens (tertiary/aromatic N) is 2. The molecule has 8 heteroatoms. The molecule has 0 aliphatic carbocycles. The van der Waals surface area contributed by atoms with Crippen LogP contribution >= 0.6 is 35.3 Å². The summed E-state index contributed by atoms with van der Waals surface area (Å²) in [4.78, 5) is 28.2. The number of thioether (sulfide) groups is 1. The molecule has 2 amide bonds. The quantitative estimate of drug-likeness (QED) is 0.704. The van der Waals surface area contributed by atoms with Gasteiger partial charge in [-0.2, -0.15) is 0 Å². The van der Waals surface area contributed by atoms with Crippen molar-refractivity contribution in [3.63, 3.8) is 0 Å². The van der Waals surface area contributed by atoms with Crippen molar-refractivity contribution >= 4 is 58.5 Å². The normalized spacial score (nSPS) is 16.9. The molecule has 1 saturated heterocycles. The second-order valence-corrected chi connectivity index (χ2v) is 9.31. The smallest absolute Gasteiger partial charge is 0.255 e. The number of anilines is 2. The summed E-state index contributed by atoms with van der Waals surface area (Å²) in [6, 6.07) is 11.0. The van der Waals surface area contributed by atoms with Crippen molar-refractivity contribution in [3.05, 3.63) is 47.0 Å². The summed E-state index contributed by atoms with van der Waals surface area (Å²) in [5.41, 5.74) is 1.93. The number of hydrogen-bond donors (Lipinski definition) is 1. The molecule has 0 atom stereocenters. The molecule has 2 aromatic carbocycles. The Kier molecular flexibility index (Phi) is 5.87. The highest BCUT2D eigenvalue weighted by atomic mass is 35.5. The minimum absolute atomic E-state index is 0.0351. The monoisotopic (exact) mass is 433 g/mol. The highest BCUT2D eigenvalue weighted by Gasteiger charge is 2.23. The van der Waals surface area contributed by atoms with Crippen LogP contribution in [-0.2, 0) is 4.79 Å². The van der Waals surface area contributed by atoms with Crippen LogP contribution in [0.3, 0.4) is 0 Å². The third-order valence-corrected chi connectivity index (χ3v) is 7.44. The van der Waals surface area contributed by atoms with Gasteiger partial charge in [-0.3, -0.25) is 9.59 Å². The fraction of sp³-hybridized carbons (Fsp3) is 0.300. The zero-order chi connectivity index (χ0) is 19.7. The molecule has 2 aliphatic rings. The van der Waals surface area contributed by atoms with E-state index in [2.05, 4.69) is 9.62 Å². The van der Waals surface area contributed by atoms with Gasteiger partial charge < -0.3 is 10.2 Å². The van der Waals surface area contributed by atoms with E-state index in [4.69, 9.17) is 11.6 Å². The van der Waals surface area contributed by atoms with Crippen molar-refractivity contribution in [1.29, 1.82) is 0 Å². The predicted octanol–water partition coefficient (Wildman–Crippen LogP) is 4.76.